The van der Waals surface area contributed by atoms with Gasteiger partial charge in [0.2, 0.25) is 5.91 Å². The molecule has 0 unspecified atom stereocenters. The Kier molecular flexibility index (Phi) is 11.0. The highest BCUT2D eigenvalue weighted by molar-refractivity contribution is 7.88. The largest absolute Gasteiger partial charge is 0.534 e. The Balaban J connectivity index is 1.88. The third-order valence-corrected chi connectivity index (χ3v) is 7.77. The van der Waals surface area contributed by atoms with Crippen molar-refractivity contribution < 1.29 is 40.1 Å². The SMILES string of the molecule is COC/C=C(\C(=O)N(Cc1ccccc1)c1ccccc1OS(=O)(=O)C(F)(F)F)c1ccccc1N(Cc1ccccc1)C(C)=O. The van der Waals surface area contributed by atoms with Crippen molar-refractivity contribution in [2.45, 2.75) is 25.5 Å². The van der Waals surface area contributed by atoms with E-state index in [2.05, 4.69) is 4.18 Å². The first kappa shape index (κ1) is 33.9. The van der Waals surface area contributed by atoms with Gasteiger partial charge in [-0.05, 0) is 35.4 Å². The zero-order valence-corrected chi connectivity index (χ0v) is 25.8. The van der Waals surface area contributed by atoms with Crippen LogP contribution in [-0.2, 0) is 37.5 Å². The Morgan fingerprint density at radius 3 is 1.78 bits per heavy atom. The van der Waals surface area contributed by atoms with Gasteiger partial charge in [0.1, 0.15) is 0 Å². The smallest absolute Gasteiger partial charge is 0.381 e. The molecular weight excluding hydrogens is 621 g/mol. The lowest BCUT2D eigenvalue weighted by atomic mass is 9.99. The number of anilines is 2. The second-order valence-corrected chi connectivity index (χ2v) is 11.5. The van der Waals surface area contributed by atoms with Gasteiger partial charge in [-0.1, -0.05) is 91.0 Å². The van der Waals surface area contributed by atoms with Gasteiger partial charge >= 0.3 is 15.6 Å². The monoisotopic (exact) mass is 652 g/mol. The molecule has 4 aromatic rings. The molecule has 0 spiro atoms. The van der Waals surface area contributed by atoms with E-state index in [4.69, 9.17) is 4.74 Å². The summed E-state index contributed by atoms with van der Waals surface area (Å²) in [6.45, 7) is 1.39. The fraction of sp³-hybridized carbons (Fsp3) is 0.176. The van der Waals surface area contributed by atoms with Gasteiger partial charge in [-0.2, -0.15) is 21.6 Å². The molecule has 0 saturated carbocycles. The van der Waals surface area contributed by atoms with Crippen LogP contribution in [0, 0.1) is 0 Å². The molecule has 240 valence electrons. The Labute approximate surface area is 265 Å². The molecule has 4 aromatic carbocycles. The first-order valence-electron chi connectivity index (χ1n) is 14.0. The lowest BCUT2D eigenvalue weighted by Gasteiger charge is -2.29. The van der Waals surface area contributed by atoms with Gasteiger partial charge in [0.15, 0.2) is 5.75 Å². The summed E-state index contributed by atoms with van der Waals surface area (Å²) in [6, 6.07) is 29.7. The minimum Gasteiger partial charge on any atom is -0.381 e. The summed E-state index contributed by atoms with van der Waals surface area (Å²) in [5, 5.41) is 0. The number of carbonyl (C=O) groups is 2. The van der Waals surface area contributed by atoms with Gasteiger partial charge in [0.25, 0.3) is 5.91 Å². The quantitative estimate of drug-likeness (QED) is 0.0958. The molecule has 0 aliphatic carbocycles. The molecule has 0 saturated heterocycles. The van der Waals surface area contributed by atoms with E-state index in [0.29, 0.717) is 16.8 Å². The van der Waals surface area contributed by atoms with Gasteiger partial charge in [-0.3, -0.25) is 9.59 Å². The summed E-state index contributed by atoms with van der Waals surface area (Å²) in [6.07, 6.45) is 1.50. The molecule has 0 N–H and O–H groups in total. The van der Waals surface area contributed by atoms with Crippen molar-refractivity contribution in [2.75, 3.05) is 23.5 Å². The topological polar surface area (TPSA) is 93.2 Å². The summed E-state index contributed by atoms with van der Waals surface area (Å²) < 4.78 is 73.9. The van der Waals surface area contributed by atoms with Crippen LogP contribution in [0.1, 0.15) is 23.6 Å². The number of benzene rings is 4. The number of ether oxygens (including phenoxy) is 1. The average molecular weight is 653 g/mol. The van der Waals surface area contributed by atoms with E-state index in [9.17, 15) is 31.2 Å². The number of nitrogens with zero attached hydrogens (tertiary/aromatic N) is 2. The highest BCUT2D eigenvalue weighted by Crippen LogP contribution is 2.37. The Bertz CT molecular complexity index is 1800. The fourth-order valence-electron chi connectivity index (χ4n) is 4.64. The molecule has 8 nitrogen and oxygen atoms in total. The van der Waals surface area contributed by atoms with Gasteiger partial charge in [0, 0.05) is 25.2 Å². The molecule has 0 aliphatic heterocycles. The predicted octanol–water partition coefficient (Wildman–Crippen LogP) is 6.73. The van der Waals surface area contributed by atoms with E-state index < -0.39 is 27.3 Å². The van der Waals surface area contributed by atoms with E-state index in [0.717, 1.165) is 16.5 Å². The maximum absolute atomic E-state index is 14.6. The Morgan fingerprint density at radius 2 is 1.24 bits per heavy atom. The Morgan fingerprint density at radius 1 is 0.739 bits per heavy atom. The molecule has 0 bridgehead atoms. The van der Waals surface area contributed by atoms with Crippen molar-refractivity contribution in [3.8, 4) is 5.75 Å². The summed E-state index contributed by atoms with van der Waals surface area (Å²) >= 11 is 0. The third-order valence-electron chi connectivity index (χ3n) is 6.80. The summed E-state index contributed by atoms with van der Waals surface area (Å²) in [5.41, 5.74) is -3.69. The number of methoxy groups -OCH3 is 1. The Hall–Kier alpha value is -4.94. The van der Waals surface area contributed by atoms with Crippen molar-refractivity contribution in [3.63, 3.8) is 0 Å². The second kappa shape index (κ2) is 14.9. The first-order valence-corrected chi connectivity index (χ1v) is 15.4. The molecule has 0 aliphatic rings. The number of hydrogen-bond acceptors (Lipinski definition) is 6. The van der Waals surface area contributed by atoms with E-state index in [1.165, 1.54) is 43.2 Å². The minimum atomic E-state index is -6.07. The normalized spacial score (nSPS) is 12.0. The highest BCUT2D eigenvalue weighted by atomic mass is 32.2. The second-order valence-electron chi connectivity index (χ2n) is 10.0. The van der Waals surface area contributed by atoms with E-state index >= 15 is 0 Å². The molecule has 0 atom stereocenters. The van der Waals surface area contributed by atoms with Crippen LogP contribution in [0.5, 0.6) is 5.75 Å². The maximum atomic E-state index is 14.6. The highest BCUT2D eigenvalue weighted by Gasteiger charge is 2.49. The molecule has 0 heterocycles. The molecule has 12 heteroatoms. The van der Waals surface area contributed by atoms with Crippen molar-refractivity contribution in [1.29, 1.82) is 0 Å². The molecule has 0 radical (unpaired) electrons. The third kappa shape index (κ3) is 8.20. The number of carbonyl (C=O) groups excluding carboxylic acids is 2. The summed E-state index contributed by atoms with van der Waals surface area (Å²) in [7, 11) is -4.64. The van der Waals surface area contributed by atoms with E-state index in [-0.39, 0.29) is 36.9 Å². The van der Waals surface area contributed by atoms with Crippen molar-refractivity contribution in [1.82, 2.24) is 0 Å². The van der Waals surface area contributed by atoms with Crippen LogP contribution in [0.3, 0.4) is 0 Å². The van der Waals surface area contributed by atoms with Gasteiger partial charge in [-0.25, -0.2) is 0 Å². The van der Waals surface area contributed by atoms with Crippen LogP contribution in [0.2, 0.25) is 0 Å². The van der Waals surface area contributed by atoms with Crippen LogP contribution in [0.4, 0.5) is 24.5 Å². The van der Waals surface area contributed by atoms with Crippen molar-refractivity contribution >= 4 is 38.9 Å². The van der Waals surface area contributed by atoms with E-state index in [1.54, 1.807) is 54.6 Å². The van der Waals surface area contributed by atoms with Crippen LogP contribution in [0.15, 0.2) is 115 Å². The molecule has 46 heavy (non-hydrogen) atoms. The summed E-state index contributed by atoms with van der Waals surface area (Å²) in [4.78, 5) is 30.3. The molecule has 2 amide bonds. The molecular formula is C34H31F3N2O6S. The van der Waals surface area contributed by atoms with Crippen LogP contribution in [-0.4, -0.2) is 39.5 Å². The van der Waals surface area contributed by atoms with Crippen LogP contribution < -0.4 is 14.0 Å². The molecule has 4 rings (SSSR count). The van der Waals surface area contributed by atoms with Crippen LogP contribution in [0.25, 0.3) is 5.57 Å². The van der Waals surface area contributed by atoms with Gasteiger partial charge in [0.05, 0.1) is 31.1 Å². The lowest BCUT2D eigenvalue weighted by Crippen LogP contribution is -2.34. The minimum absolute atomic E-state index is 0.0338. The number of para-hydroxylation sites is 3. The summed E-state index contributed by atoms with van der Waals surface area (Å²) in [5.74, 6) is -1.71. The maximum Gasteiger partial charge on any atom is 0.534 e. The van der Waals surface area contributed by atoms with Crippen molar-refractivity contribution in [2.24, 2.45) is 0 Å². The first-order chi connectivity index (χ1) is 21.9. The van der Waals surface area contributed by atoms with Crippen molar-refractivity contribution in [3.05, 3.63) is 132 Å². The number of halogens is 3. The predicted molar refractivity (Wildman–Crippen MR) is 169 cm³/mol. The van der Waals surface area contributed by atoms with Crippen LogP contribution >= 0.6 is 0 Å². The number of amides is 2. The number of alkyl halides is 3. The van der Waals surface area contributed by atoms with Gasteiger partial charge < -0.3 is 18.7 Å². The standard InChI is InChI=1S/C34H31F3N2O6S/c1-25(40)38(23-26-13-5-3-6-14-26)30-18-10-9-17-28(30)29(21-22-44-2)33(41)39(24-27-15-7-4-8-16-27)31-19-11-12-20-32(31)45-46(42,43)34(35,36)37/h3-21H,22-24H2,1-2H3/b29-21-. The lowest BCUT2D eigenvalue weighted by molar-refractivity contribution is -0.117. The fourth-order valence-corrected chi connectivity index (χ4v) is 5.11. The molecule has 0 fully saturated rings. The van der Waals surface area contributed by atoms with E-state index in [1.807, 2.05) is 30.3 Å². The number of rotatable bonds is 12. The number of hydrogen-bond donors (Lipinski definition) is 0. The van der Waals surface area contributed by atoms with Gasteiger partial charge in [-0.15, -0.1) is 0 Å². The zero-order valence-electron chi connectivity index (χ0n) is 25.0. The zero-order chi connectivity index (χ0) is 33.3. The average Bonchev–Trinajstić information content (AvgIpc) is 3.03. The molecule has 0 aromatic heterocycles.